The van der Waals surface area contributed by atoms with Gasteiger partial charge in [0.15, 0.2) is 0 Å². The highest BCUT2D eigenvalue weighted by molar-refractivity contribution is 7.89. The second-order valence-electron chi connectivity index (χ2n) is 4.30. The second-order valence-corrected chi connectivity index (χ2v) is 6.48. The molecule has 112 valence electrons. The monoisotopic (exact) mass is 318 g/mol. The summed E-state index contributed by atoms with van der Waals surface area (Å²) in [5.41, 5.74) is 0.671. The van der Waals surface area contributed by atoms with Crippen LogP contribution in [-0.4, -0.2) is 38.9 Å². The van der Waals surface area contributed by atoms with Crippen LogP contribution in [-0.2, 0) is 14.8 Å². The number of likely N-dealkylation sites (N-methyl/N-ethyl adjacent to an activating group) is 1. The van der Waals surface area contributed by atoms with Crippen LogP contribution in [0.4, 0.5) is 0 Å². The van der Waals surface area contributed by atoms with Gasteiger partial charge in [0, 0.05) is 18.1 Å². The van der Waals surface area contributed by atoms with E-state index in [1.54, 1.807) is 11.8 Å². The molecule has 0 aliphatic heterocycles. The van der Waals surface area contributed by atoms with Crippen molar-refractivity contribution in [2.24, 2.45) is 0 Å². The zero-order valence-electron chi connectivity index (χ0n) is 11.8. The Morgan fingerprint density at radius 1 is 1.30 bits per heavy atom. The van der Waals surface area contributed by atoms with Crippen molar-refractivity contribution < 1.29 is 13.2 Å². The summed E-state index contributed by atoms with van der Waals surface area (Å²) in [7, 11) is -3.70. The lowest BCUT2D eigenvalue weighted by molar-refractivity contribution is -0.129. The molecule has 1 rings (SSSR count). The Bertz CT molecular complexity index is 583. The Balaban J connectivity index is 2.80. The van der Waals surface area contributed by atoms with Gasteiger partial charge in [0.05, 0.1) is 11.4 Å². The third-order valence-corrected chi connectivity index (χ3v) is 4.79. The van der Waals surface area contributed by atoms with Gasteiger partial charge in [-0.05, 0) is 44.5 Å². The molecule has 0 heterocycles. The lowest BCUT2D eigenvalue weighted by Crippen LogP contribution is -2.39. The fourth-order valence-electron chi connectivity index (χ4n) is 1.71. The molecule has 0 unspecified atom stereocenters. The highest BCUT2D eigenvalue weighted by atomic mass is 35.5. The number of rotatable bonds is 6. The van der Waals surface area contributed by atoms with Gasteiger partial charge in [0.2, 0.25) is 15.9 Å². The molecular weight excluding hydrogens is 300 g/mol. The highest BCUT2D eigenvalue weighted by Gasteiger charge is 2.18. The molecule has 0 radical (unpaired) electrons. The average molecular weight is 319 g/mol. The molecule has 0 spiro atoms. The zero-order valence-corrected chi connectivity index (χ0v) is 13.4. The summed E-state index contributed by atoms with van der Waals surface area (Å²) >= 11 is 5.86. The van der Waals surface area contributed by atoms with Crippen LogP contribution in [0.25, 0.3) is 0 Å². The highest BCUT2D eigenvalue weighted by Crippen LogP contribution is 2.19. The van der Waals surface area contributed by atoms with Crippen molar-refractivity contribution in [2.75, 3.05) is 19.6 Å². The summed E-state index contributed by atoms with van der Waals surface area (Å²) in [5, 5.41) is 0.503. The number of sulfonamides is 1. The van der Waals surface area contributed by atoms with Crippen LogP contribution in [0, 0.1) is 6.92 Å². The number of hydrogen-bond acceptors (Lipinski definition) is 3. The fourth-order valence-corrected chi connectivity index (χ4v) is 2.89. The first-order valence-electron chi connectivity index (χ1n) is 6.35. The standard InChI is InChI=1S/C13H19ClN2O3S/c1-4-16(5-2)13(17)9-15-20(18,19)11-6-7-12(14)10(3)8-11/h6-8,15H,4-5,9H2,1-3H3. The molecular formula is C13H19ClN2O3S. The van der Waals surface area contributed by atoms with Crippen molar-refractivity contribution in [1.82, 2.24) is 9.62 Å². The number of benzene rings is 1. The molecule has 1 aromatic rings. The van der Waals surface area contributed by atoms with Crippen LogP contribution in [0.5, 0.6) is 0 Å². The summed E-state index contributed by atoms with van der Waals surface area (Å²) in [4.78, 5) is 13.5. The number of carbonyl (C=O) groups excluding carboxylic acids is 1. The first kappa shape index (κ1) is 16.9. The van der Waals surface area contributed by atoms with Gasteiger partial charge in [-0.25, -0.2) is 13.1 Å². The predicted octanol–water partition coefficient (Wildman–Crippen LogP) is 1.80. The Morgan fingerprint density at radius 3 is 2.40 bits per heavy atom. The molecule has 0 aromatic heterocycles. The molecule has 1 aromatic carbocycles. The van der Waals surface area contributed by atoms with Crippen molar-refractivity contribution in [1.29, 1.82) is 0 Å². The summed E-state index contributed by atoms with van der Waals surface area (Å²) in [5.74, 6) is -0.246. The Labute approximate surface area is 125 Å². The molecule has 0 saturated heterocycles. The van der Waals surface area contributed by atoms with Crippen LogP contribution in [0.15, 0.2) is 23.1 Å². The molecule has 7 heteroatoms. The molecule has 1 N–H and O–H groups in total. The normalized spacial score (nSPS) is 11.4. The summed E-state index contributed by atoms with van der Waals surface area (Å²) in [6, 6.07) is 4.42. The molecule has 0 bridgehead atoms. The van der Waals surface area contributed by atoms with Crippen LogP contribution < -0.4 is 4.72 Å². The quantitative estimate of drug-likeness (QED) is 0.869. The molecule has 1 amide bonds. The van der Waals surface area contributed by atoms with Crippen LogP contribution in [0.1, 0.15) is 19.4 Å². The van der Waals surface area contributed by atoms with Gasteiger partial charge < -0.3 is 4.90 Å². The van der Waals surface area contributed by atoms with Crippen molar-refractivity contribution in [3.8, 4) is 0 Å². The van der Waals surface area contributed by atoms with E-state index in [0.29, 0.717) is 23.7 Å². The number of aryl methyl sites for hydroxylation is 1. The third-order valence-electron chi connectivity index (χ3n) is 2.97. The number of nitrogens with zero attached hydrogens (tertiary/aromatic N) is 1. The van der Waals surface area contributed by atoms with Crippen molar-refractivity contribution >= 4 is 27.5 Å². The summed E-state index contributed by atoms with van der Waals surface area (Å²) < 4.78 is 26.5. The van der Waals surface area contributed by atoms with Crippen LogP contribution in [0.3, 0.4) is 0 Å². The molecule has 5 nitrogen and oxygen atoms in total. The molecule has 0 atom stereocenters. The maximum Gasteiger partial charge on any atom is 0.241 e. The van der Waals surface area contributed by atoms with E-state index in [0.717, 1.165) is 0 Å². The maximum atomic E-state index is 12.1. The van der Waals surface area contributed by atoms with E-state index < -0.39 is 10.0 Å². The second kappa shape index (κ2) is 7.06. The zero-order chi connectivity index (χ0) is 15.3. The van der Waals surface area contributed by atoms with Gasteiger partial charge >= 0.3 is 0 Å². The van der Waals surface area contributed by atoms with Crippen LogP contribution in [0.2, 0.25) is 5.02 Å². The Hall–Kier alpha value is -1.11. The number of nitrogens with one attached hydrogen (secondary N) is 1. The molecule has 0 fully saturated rings. The molecule has 0 saturated carbocycles. The van der Waals surface area contributed by atoms with E-state index in [9.17, 15) is 13.2 Å². The van der Waals surface area contributed by atoms with E-state index >= 15 is 0 Å². The number of halogens is 1. The van der Waals surface area contributed by atoms with E-state index in [-0.39, 0.29) is 17.3 Å². The number of amides is 1. The van der Waals surface area contributed by atoms with Crippen LogP contribution >= 0.6 is 11.6 Å². The van der Waals surface area contributed by atoms with Gasteiger partial charge in [-0.2, -0.15) is 0 Å². The summed E-state index contributed by atoms with van der Waals surface area (Å²) in [6.45, 7) is 6.28. The van der Waals surface area contributed by atoms with Gasteiger partial charge in [0.25, 0.3) is 0 Å². The summed E-state index contributed by atoms with van der Waals surface area (Å²) in [6.07, 6.45) is 0. The average Bonchev–Trinajstić information content (AvgIpc) is 2.41. The molecule has 0 aliphatic carbocycles. The van der Waals surface area contributed by atoms with E-state index in [1.807, 2.05) is 13.8 Å². The number of carbonyl (C=O) groups is 1. The van der Waals surface area contributed by atoms with Gasteiger partial charge in [-0.15, -0.1) is 0 Å². The van der Waals surface area contributed by atoms with E-state index in [1.165, 1.54) is 18.2 Å². The first-order valence-corrected chi connectivity index (χ1v) is 8.21. The van der Waals surface area contributed by atoms with Crippen molar-refractivity contribution in [3.63, 3.8) is 0 Å². The minimum Gasteiger partial charge on any atom is -0.342 e. The van der Waals surface area contributed by atoms with E-state index in [2.05, 4.69) is 4.72 Å². The maximum absolute atomic E-state index is 12.1. The first-order chi connectivity index (χ1) is 9.31. The van der Waals surface area contributed by atoms with Gasteiger partial charge in [0.1, 0.15) is 0 Å². The smallest absolute Gasteiger partial charge is 0.241 e. The Morgan fingerprint density at radius 2 is 1.90 bits per heavy atom. The minimum atomic E-state index is -3.70. The largest absolute Gasteiger partial charge is 0.342 e. The number of hydrogen-bond donors (Lipinski definition) is 1. The SMILES string of the molecule is CCN(CC)C(=O)CNS(=O)(=O)c1ccc(Cl)c(C)c1. The van der Waals surface area contributed by atoms with Crippen molar-refractivity contribution in [3.05, 3.63) is 28.8 Å². The lowest BCUT2D eigenvalue weighted by atomic mass is 10.2. The van der Waals surface area contributed by atoms with Crippen molar-refractivity contribution in [2.45, 2.75) is 25.7 Å². The minimum absolute atomic E-state index is 0.103. The third kappa shape index (κ3) is 4.19. The predicted molar refractivity (Wildman–Crippen MR) is 79.3 cm³/mol. The fraction of sp³-hybridized carbons (Fsp3) is 0.462. The lowest BCUT2D eigenvalue weighted by Gasteiger charge is -2.18. The topological polar surface area (TPSA) is 66.5 Å². The van der Waals surface area contributed by atoms with Gasteiger partial charge in [-0.1, -0.05) is 11.6 Å². The molecule has 0 aliphatic rings. The van der Waals surface area contributed by atoms with Gasteiger partial charge in [-0.3, -0.25) is 4.79 Å². The Kier molecular flexibility index (Phi) is 5.98. The molecule has 20 heavy (non-hydrogen) atoms. The van der Waals surface area contributed by atoms with E-state index in [4.69, 9.17) is 11.6 Å².